The van der Waals surface area contributed by atoms with E-state index in [9.17, 15) is 4.79 Å². The van der Waals surface area contributed by atoms with Crippen molar-refractivity contribution in [3.63, 3.8) is 0 Å². The van der Waals surface area contributed by atoms with Crippen LogP contribution in [-0.2, 0) is 11.3 Å². The monoisotopic (exact) mass is 319 g/mol. The Labute approximate surface area is 129 Å². The van der Waals surface area contributed by atoms with Crippen molar-refractivity contribution in [3.8, 4) is 0 Å². The highest BCUT2D eigenvalue weighted by Crippen LogP contribution is 2.26. The summed E-state index contributed by atoms with van der Waals surface area (Å²) in [5.41, 5.74) is 2.68. The van der Waals surface area contributed by atoms with Gasteiger partial charge in [-0.15, -0.1) is 11.3 Å². The summed E-state index contributed by atoms with van der Waals surface area (Å²) in [4.78, 5) is 21.0. The average molecular weight is 319 g/mol. The minimum absolute atomic E-state index is 0.00713. The second-order valence-electron chi connectivity index (χ2n) is 4.54. The molecule has 0 aliphatic carbocycles. The van der Waals surface area contributed by atoms with Crippen molar-refractivity contribution in [2.24, 2.45) is 0 Å². The lowest BCUT2D eigenvalue weighted by atomic mass is 10.3. The summed E-state index contributed by atoms with van der Waals surface area (Å²) in [5, 5.41) is 11.6. The van der Waals surface area contributed by atoms with Gasteiger partial charge in [0.15, 0.2) is 10.8 Å². The molecule has 0 aliphatic heterocycles. The third-order valence-electron chi connectivity index (χ3n) is 3.02. The minimum atomic E-state index is -0.848. The number of thioether (sulfide) groups is 1. The van der Waals surface area contributed by atoms with Crippen LogP contribution in [0.3, 0.4) is 0 Å². The van der Waals surface area contributed by atoms with Gasteiger partial charge >= 0.3 is 5.97 Å². The van der Waals surface area contributed by atoms with E-state index in [1.807, 2.05) is 29.0 Å². The number of imidazole rings is 1. The molecule has 1 N–H and O–H groups in total. The van der Waals surface area contributed by atoms with Gasteiger partial charge in [-0.2, -0.15) is 0 Å². The summed E-state index contributed by atoms with van der Waals surface area (Å²) in [5.74, 6) is -0.855. The molecular formula is C14H13N3O2S2. The number of carboxylic acid groups (broad SMARTS) is 1. The van der Waals surface area contributed by atoms with Crippen molar-refractivity contribution in [2.45, 2.75) is 18.6 Å². The Hall–Kier alpha value is -1.86. The Morgan fingerprint density at radius 3 is 3.05 bits per heavy atom. The number of rotatable bonds is 5. The van der Waals surface area contributed by atoms with Gasteiger partial charge in [0.25, 0.3) is 0 Å². The highest BCUT2D eigenvalue weighted by Gasteiger charge is 2.15. The van der Waals surface area contributed by atoms with Gasteiger partial charge in [-0.3, -0.25) is 9.36 Å². The lowest BCUT2D eigenvalue weighted by Crippen LogP contribution is -2.04. The minimum Gasteiger partial charge on any atom is -0.481 e. The quantitative estimate of drug-likeness (QED) is 0.732. The first-order valence-corrected chi connectivity index (χ1v) is 8.20. The van der Waals surface area contributed by atoms with E-state index in [1.54, 1.807) is 17.5 Å². The summed E-state index contributed by atoms with van der Waals surface area (Å²) in [6.45, 7) is 2.64. The van der Waals surface area contributed by atoms with Crippen LogP contribution < -0.4 is 0 Å². The summed E-state index contributed by atoms with van der Waals surface area (Å²) in [6, 6.07) is 5.97. The number of pyridine rings is 1. The molecule has 3 aromatic rings. The Bertz CT molecular complexity index is 781. The Balaban J connectivity index is 2.06. The summed E-state index contributed by atoms with van der Waals surface area (Å²) < 4.78 is 1.99. The fourth-order valence-corrected chi connectivity index (χ4v) is 3.46. The highest BCUT2D eigenvalue weighted by atomic mass is 32.2. The van der Waals surface area contributed by atoms with Gasteiger partial charge in [-0.05, 0) is 30.0 Å². The summed E-state index contributed by atoms with van der Waals surface area (Å²) >= 11 is 2.89. The van der Waals surface area contributed by atoms with Crippen LogP contribution in [0.1, 0.15) is 10.4 Å². The Kier molecular flexibility index (Phi) is 3.94. The van der Waals surface area contributed by atoms with Crippen LogP contribution in [0, 0.1) is 6.92 Å². The predicted molar refractivity (Wildman–Crippen MR) is 84.0 cm³/mol. The molecule has 0 amide bonds. The molecule has 7 heteroatoms. The number of hydrogen-bond donors (Lipinski definition) is 1. The maximum atomic E-state index is 10.8. The van der Waals surface area contributed by atoms with E-state index in [4.69, 9.17) is 5.11 Å². The Morgan fingerprint density at radius 1 is 1.48 bits per heavy atom. The molecule has 3 aromatic heterocycles. The van der Waals surface area contributed by atoms with Gasteiger partial charge < -0.3 is 5.11 Å². The zero-order chi connectivity index (χ0) is 14.8. The zero-order valence-electron chi connectivity index (χ0n) is 11.3. The van der Waals surface area contributed by atoms with Gasteiger partial charge in [0, 0.05) is 11.1 Å². The summed E-state index contributed by atoms with van der Waals surface area (Å²) in [6.07, 6.45) is 1.76. The highest BCUT2D eigenvalue weighted by molar-refractivity contribution is 7.99. The molecule has 5 nitrogen and oxygen atoms in total. The molecule has 3 heterocycles. The molecule has 21 heavy (non-hydrogen) atoms. The smallest absolute Gasteiger partial charge is 0.313 e. The van der Waals surface area contributed by atoms with E-state index in [-0.39, 0.29) is 5.75 Å². The number of hydrogen-bond acceptors (Lipinski definition) is 5. The molecular weight excluding hydrogens is 306 g/mol. The molecule has 0 atom stereocenters. The number of fused-ring (bicyclic) bond motifs is 1. The van der Waals surface area contributed by atoms with Crippen molar-refractivity contribution in [3.05, 3.63) is 40.2 Å². The second kappa shape index (κ2) is 5.87. The third kappa shape index (κ3) is 2.93. The molecule has 0 radical (unpaired) electrons. The summed E-state index contributed by atoms with van der Waals surface area (Å²) in [7, 11) is 0. The lowest BCUT2D eigenvalue weighted by molar-refractivity contribution is -0.133. The SMILES string of the molecule is Cc1ccnc2c1nc(SCC(=O)O)n2Cc1cccs1. The van der Waals surface area contributed by atoms with Crippen LogP contribution in [0.25, 0.3) is 11.2 Å². The van der Waals surface area contributed by atoms with Gasteiger partial charge in [0.2, 0.25) is 0 Å². The van der Waals surface area contributed by atoms with Crippen LogP contribution in [0.4, 0.5) is 0 Å². The average Bonchev–Trinajstić information content (AvgIpc) is 3.07. The van der Waals surface area contributed by atoms with Gasteiger partial charge in [-0.1, -0.05) is 17.8 Å². The Morgan fingerprint density at radius 2 is 2.33 bits per heavy atom. The van der Waals surface area contributed by atoms with E-state index >= 15 is 0 Å². The van der Waals surface area contributed by atoms with Gasteiger partial charge in [0.1, 0.15) is 5.52 Å². The van der Waals surface area contributed by atoms with Crippen LogP contribution in [-0.4, -0.2) is 31.4 Å². The van der Waals surface area contributed by atoms with Crippen molar-refractivity contribution >= 4 is 40.2 Å². The van der Waals surface area contributed by atoms with E-state index in [2.05, 4.69) is 16.0 Å². The van der Waals surface area contributed by atoms with Crippen LogP contribution >= 0.6 is 23.1 Å². The number of thiophene rings is 1. The number of carbonyl (C=O) groups is 1. The number of aliphatic carboxylic acids is 1. The number of aromatic nitrogens is 3. The third-order valence-corrected chi connectivity index (χ3v) is 4.84. The molecule has 0 fully saturated rings. The first-order chi connectivity index (χ1) is 10.1. The van der Waals surface area contributed by atoms with Gasteiger partial charge in [-0.25, -0.2) is 9.97 Å². The fraction of sp³-hybridized carbons (Fsp3) is 0.214. The standard InChI is InChI=1S/C14H13N3O2S2/c1-9-4-5-15-13-12(9)16-14(21-8-11(18)19)17(13)7-10-3-2-6-20-10/h2-6H,7-8H2,1H3,(H,18,19). The molecule has 0 saturated heterocycles. The molecule has 0 saturated carbocycles. The molecule has 3 rings (SSSR count). The maximum absolute atomic E-state index is 10.8. The zero-order valence-corrected chi connectivity index (χ0v) is 12.9. The molecule has 0 spiro atoms. The first-order valence-electron chi connectivity index (χ1n) is 6.34. The first kappa shape index (κ1) is 14.1. The molecule has 0 unspecified atom stereocenters. The van der Waals surface area contributed by atoms with Crippen molar-refractivity contribution < 1.29 is 9.90 Å². The van der Waals surface area contributed by atoms with E-state index in [0.29, 0.717) is 11.7 Å². The van der Waals surface area contributed by atoms with Crippen molar-refractivity contribution in [1.82, 2.24) is 14.5 Å². The van der Waals surface area contributed by atoms with Gasteiger partial charge in [0.05, 0.1) is 12.3 Å². The van der Waals surface area contributed by atoms with Crippen molar-refractivity contribution in [1.29, 1.82) is 0 Å². The molecule has 0 aliphatic rings. The maximum Gasteiger partial charge on any atom is 0.313 e. The number of nitrogens with zero attached hydrogens (tertiary/aromatic N) is 3. The number of aryl methyl sites for hydroxylation is 1. The van der Waals surface area contributed by atoms with E-state index < -0.39 is 5.97 Å². The largest absolute Gasteiger partial charge is 0.481 e. The topological polar surface area (TPSA) is 68.0 Å². The van der Waals surface area contributed by atoms with Crippen LogP contribution in [0.5, 0.6) is 0 Å². The molecule has 108 valence electrons. The normalized spacial score (nSPS) is 11.1. The van der Waals surface area contributed by atoms with Crippen LogP contribution in [0.15, 0.2) is 34.9 Å². The molecule has 0 bridgehead atoms. The van der Waals surface area contributed by atoms with E-state index in [1.165, 1.54) is 16.6 Å². The lowest BCUT2D eigenvalue weighted by Gasteiger charge is -2.06. The fourth-order valence-electron chi connectivity index (χ4n) is 2.06. The van der Waals surface area contributed by atoms with Crippen molar-refractivity contribution in [2.75, 3.05) is 5.75 Å². The van der Waals surface area contributed by atoms with E-state index in [0.717, 1.165) is 16.7 Å². The molecule has 0 aromatic carbocycles. The second-order valence-corrected chi connectivity index (χ2v) is 6.52. The van der Waals surface area contributed by atoms with Crippen LogP contribution in [0.2, 0.25) is 0 Å². The predicted octanol–water partition coefficient (Wildman–Crippen LogP) is 3.03. The number of carboxylic acids is 1.